The molecule has 0 saturated carbocycles. The Morgan fingerprint density at radius 2 is 0.586 bits per heavy atom. The van der Waals surface area contributed by atoms with Gasteiger partial charge in [-0.05, 0) is 136 Å². The van der Waals surface area contributed by atoms with E-state index in [9.17, 15) is 0 Å². The molecule has 2 heteroatoms. The molecule has 0 spiro atoms. The molecule has 0 saturated heterocycles. The molecule has 0 fully saturated rings. The van der Waals surface area contributed by atoms with E-state index in [1.165, 1.54) is 76.1 Å². The maximum atomic E-state index is 6.59. The zero-order chi connectivity index (χ0) is 37.9. The van der Waals surface area contributed by atoms with Crippen LogP contribution >= 0.6 is 0 Å². The number of rotatable bonds is 3. The summed E-state index contributed by atoms with van der Waals surface area (Å²) in [6.45, 7) is 0. The van der Waals surface area contributed by atoms with E-state index in [0.29, 0.717) is 0 Å². The van der Waals surface area contributed by atoms with E-state index in [2.05, 4.69) is 194 Å². The Balaban J connectivity index is 0.947. The van der Waals surface area contributed by atoms with Crippen LogP contribution in [-0.2, 0) is 0 Å². The summed E-state index contributed by atoms with van der Waals surface area (Å²) in [6, 6.07) is 70.4. The van der Waals surface area contributed by atoms with Gasteiger partial charge in [-0.25, -0.2) is 0 Å². The number of hydrogen-bond acceptors (Lipinski definition) is 2. The van der Waals surface area contributed by atoms with Crippen molar-refractivity contribution >= 4 is 97.7 Å². The van der Waals surface area contributed by atoms with Gasteiger partial charge in [0.2, 0.25) is 0 Å². The van der Waals surface area contributed by atoms with Gasteiger partial charge in [0.05, 0.1) is 0 Å². The molecule has 0 bridgehead atoms. The summed E-state index contributed by atoms with van der Waals surface area (Å²) in [7, 11) is 0. The minimum atomic E-state index is 0.853. The van der Waals surface area contributed by atoms with E-state index in [4.69, 9.17) is 8.83 Å². The molecule has 13 rings (SSSR count). The van der Waals surface area contributed by atoms with E-state index in [1.807, 2.05) is 0 Å². The molecular formula is C56H32O2. The monoisotopic (exact) mass is 736 g/mol. The molecular weight excluding hydrogens is 705 g/mol. The third-order valence-corrected chi connectivity index (χ3v) is 12.4. The molecule has 0 aliphatic carbocycles. The Morgan fingerprint density at radius 1 is 0.207 bits per heavy atom. The molecule has 0 amide bonds. The lowest BCUT2D eigenvalue weighted by Gasteiger charge is -2.14. The summed E-state index contributed by atoms with van der Waals surface area (Å²) >= 11 is 0. The molecule has 2 aromatic heterocycles. The summed E-state index contributed by atoms with van der Waals surface area (Å²) < 4.78 is 13.2. The van der Waals surface area contributed by atoms with Crippen LogP contribution in [0.2, 0.25) is 0 Å². The molecule has 13 aromatic rings. The van der Waals surface area contributed by atoms with Gasteiger partial charge < -0.3 is 8.83 Å². The Bertz CT molecular complexity index is 3820. The molecule has 0 unspecified atom stereocenters. The smallest absolute Gasteiger partial charge is 0.136 e. The Kier molecular flexibility index (Phi) is 6.47. The summed E-state index contributed by atoms with van der Waals surface area (Å²) in [4.78, 5) is 0. The van der Waals surface area contributed by atoms with Crippen molar-refractivity contribution in [3.8, 4) is 33.4 Å². The second kappa shape index (κ2) is 11.9. The SMILES string of the molecule is c1ccc(-c2ccc3c4ccccc4c4ccccc4c3c2)c(-c2ccc3oc4cc5c(cc4c3c2)oc2ccc(-c3cc4ccccc4c4ccccc34)cc25)c1. The van der Waals surface area contributed by atoms with E-state index in [-0.39, 0.29) is 0 Å². The minimum Gasteiger partial charge on any atom is -0.456 e. The van der Waals surface area contributed by atoms with Crippen LogP contribution < -0.4 is 0 Å². The quantitative estimate of drug-likeness (QED) is 0.169. The highest BCUT2D eigenvalue weighted by Crippen LogP contribution is 2.43. The number of fused-ring (bicyclic) bond motifs is 15. The maximum absolute atomic E-state index is 6.59. The van der Waals surface area contributed by atoms with Crippen LogP contribution in [0.25, 0.3) is 131 Å². The Hall–Kier alpha value is -7.68. The molecule has 268 valence electrons. The topological polar surface area (TPSA) is 26.3 Å². The van der Waals surface area contributed by atoms with Crippen molar-refractivity contribution in [1.29, 1.82) is 0 Å². The highest BCUT2D eigenvalue weighted by molar-refractivity contribution is 6.26. The largest absolute Gasteiger partial charge is 0.456 e. The first-order valence-electron chi connectivity index (χ1n) is 19.9. The predicted octanol–water partition coefficient (Wildman–Crippen LogP) is 16.3. The van der Waals surface area contributed by atoms with Crippen LogP contribution in [0.1, 0.15) is 0 Å². The van der Waals surface area contributed by atoms with Gasteiger partial charge in [-0.15, -0.1) is 0 Å². The van der Waals surface area contributed by atoms with E-state index < -0.39 is 0 Å². The van der Waals surface area contributed by atoms with Crippen LogP contribution in [0.3, 0.4) is 0 Å². The predicted molar refractivity (Wildman–Crippen MR) is 245 cm³/mol. The van der Waals surface area contributed by atoms with Crippen molar-refractivity contribution in [2.24, 2.45) is 0 Å². The van der Waals surface area contributed by atoms with Crippen molar-refractivity contribution in [3.63, 3.8) is 0 Å². The zero-order valence-corrected chi connectivity index (χ0v) is 31.3. The van der Waals surface area contributed by atoms with Gasteiger partial charge in [-0.1, -0.05) is 146 Å². The van der Waals surface area contributed by atoms with Crippen LogP contribution in [0.4, 0.5) is 0 Å². The molecule has 0 aliphatic rings. The van der Waals surface area contributed by atoms with Gasteiger partial charge in [0.25, 0.3) is 0 Å². The van der Waals surface area contributed by atoms with Crippen LogP contribution in [0.5, 0.6) is 0 Å². The summed E-state index contributed by atoms with van der Waals surface area (Å²) in [6.07, 6.45) is 0. The summed E-state index contributed by atoms with van der Waals surface area (Å²) in [5.74, 6) is 0. The molecule has 0 N–H and O–H groups in total. The van der Waals surface area contributed by atoms with Crippen molar-refractivity contribution in [3.05, 3.63) is 194 Å². The van der Waals surface area contributed by atoms with Crippen LogP contribution in [0.15, 0.2) is 203 Å². The first-order chi connectivity index (χ1) is 28.7. The average molecular weight is 737 g/mol. The highest BCUT2D eigenvalue weighted by atomic mass is 16.3. The molecule has 0 aliphatic heterocycles. The minimum absolute atomic E-state index is 0.853. The fourth-order valence-corrected chi connectivity index (χ4v) is 9.74. The number of benzene rings is 11. The second-order valence-electron chi connectivity index (χ2n) is 15.6. The third-order valence-electron chi connectivity index (χ3n) is 12.4. The van der Waals surface area contributed by atoms with Crippen molar-refractivity contribution in [2.75, 3.05) is 0 Å². The molecule has 2 nitrogen and oxygen atoms in total. The normalized spacial score (nSPS) is 12.1. The average Bonchev–Trinajstić information content (AvgIpc) is 3.84. The fourth-order valence-electron chi connectivity index (χ4n) is 9.74. The maximum Gasteiger partial charge on any atom is 0.136 e. The summed E-state index contributed by atoms with van der Waals surface area (Å²) in [5.41, 5.74) is 10.5. The fraction of sp³-hybridized carbons (Fsp3) is 0. The zero-order valence-electron chi connectivity index (χ0n) is 31.3. The number of hydrogen-bond donors (Lipinski definition) is 0. The lowest BCUT2D eigenvalue weighted by atomic mass is 9.89. The van der Waals surface area contributed by atoms with Gasteiger partial charge in [0, 0.05) is 21.5 Å². The van der Waals surface area contributed by atoms with Crippen LogP contribution in [0, 0.1) is 0 Å². The molecule has 11 aromatic carbocycles. The lowest BCUT2D eigenvalue weighted by molar-refractivity contribution is 0.664. The van der Waals surface area contributed by atoms with Gasteiger partial charge in [0.1, 0.15) is 22.3 Å². The Labute approximate surface area is 332 Å². The van der Waals surface area contributed by atoms with Gasteiger partial charge >= 0.3 is 0 Å². The first-order valence-corrected chi connectivity index (χ1v) is 19.9. The van der Waals surface area contributed by atoms with E-state index in [0.717, 1.165) is 55.0 Å². The molecule has 2 heterocycles. The van der Waals surface area contributed by atoms with Crippen LogP contribution in [-0.4, -0.2) is 0 Å². The highest BCUT2D eigenvalue weighted by Gasteiger charge is 2.18. The van der Waals surface area contributed by atoms with Gasteiger partial charge in [0.15, 0.2) is 0 Å². The van der Waals surface area contributed by atoms with Crippen molar-refractivity contribution in [1.82, 2.24) is 0 Å². The van der Waals surface area contributed by atoms with Crippen molar-refractivity contribution in [2.45, 2.75) is 0 Å². The molecule has 0 radical (unpaired) electrons. The first kappa shape index (κ1) is 31.5. The van der Waals surface area contributed by atoms with E-state index >= 15 is 0 Å². The van der Waals surface area contributed by atoms with Gasteiger partial charge in [-0.3, -0.25) is 0 Å². The number of furan rings is 2. The molecule has 58 heavy (non-hydrogen) atoms. The standard InChI is InChI=1S/C56H32O2/c1-2-14-39-33(11-1)27-47(44-19-9-5-15-40(39)44)36-23-26-54-50(30-36)52-32-55-51(31-56(52)58-54)49-29-35(22-25-53(49)57-55)38-13-4-3-12-37(38)34-21-24-46-43-18-7-6-16-41(43)42-17-8-10-20-45(42)48(46)28-34/h1-32H. The molecule has 0 atom stereocenters. The summed E-state index contributed by atoms with van der Waals surface area (Å²) in [5, 5.41) is 16.9. The lowest BCUT2D eigenvalue weighted by Crippen LogP contribution is -1.87. The Morgan fingerprint density at radius 3 is 1.16 bits per heavy atom. The van der Waals surface area contributed by atoms with Crippen molar-refractivity contribution < 1.29 is 8.83 Å². The van der Waals surface area contributed by atoms with Gasteiger partial charge in [-0.2, -0.15) is 0 Å². The third kappa shape index (κ3) is 4.54. The second-order valence-corrected chi connectivity index (χ2v) is 15.6. The van der Waals surface area contributed by atoms with E-state index in [1.54, 1.807) is 0 Å².